The summed E-state index contributed by atoms with van der Waals surface area (Å²) in [6, 6.07) is 7.55. The lowest BCUT2D eigenvalue weighted by molar-refractivity contribution is -0.119. The SMILES string of the molecule is Cc1oc2nc[nH]c(=O)c2c1C(=O)NCc1cccc(N2CCCCC2=O)c1. The zero-order chi connectivity index (χ0) is 19.7. The van der Waals surface area contributed by atoms with Gasteiger partial charge < -0.3 is 19.6 Å². The minimum atomic E-state index is -0.419. The van der Waals surface area contributed by atoms with Crippen LogP contribution in [0, 0.1) is 6.92 Å². The molecule has 3 aromatic rings. The van der Waals surface area contributed by atoms with Gasteiger partial charge in [-0.2, -0.15) is 0 Å². The largest absolute Gasteiger partial charge is 0.442 e. The molecule has 0 spiro atoms. The predicted molar refractivity (Wildman–Crippen MR) is 103 cm³/mol. The molecule has 0 aliphatic carbocycles. The van der Waals surface area contributed by atoms with E-state index < -0.39 is 11.5 Å². The molecule has 1 aliphatic heterocycles. The average molecular weight is 380 g/mol. The first-order valence-electron chi connectivity index (χ1n) is 9.19. The van der Waals surface area contributed by atoms with Gasteiger partial charge in [-0.25, -0.2) is 4.98 Å². The van der Waals surface area contributed by atoms with Crippen LogP contribution in [0.15, 0.2) is 39.8 Å². The summed E-state index contributed by atoms with van der Waals surface area (Å²) in [4.78, 5) is 45.1. The molecule has 1 aromatic carbocycles. The molecule has 1 saturated heterocycles. The van der Waals surface area contributed by atoms with Crippen LogP contribution < -0.4 is 15.8 Å². The monoisotopic (exact) mass is 380 g/mol. The summed E-state index contributed by atoms with van der Waals surface area (Å²) < 4.78 is 5.43. The third-order valence-corrected chi connectivity index (χ3v) is 4.90. The smallest absolute Gasteiger partial charge is 0.262 e. The molecule has 28 heavy (non-hydrogen) atoms. The Balaban J connectivity index is 1.53. The summed E-state index contributed by atoms with van der Waals surface area (Å²) >= 11 is 0. The van der Waals surface area contributed by atoms with Crippen molar-refractivity contribution in [2.75, 3.05) is 11.4 Å². The number of hydrogen-bond acceptors (Lipinski definition) is 5. The van der Waals surface area contributed by atoms with Crippen molar-refractivity contribution in [2.45, 2.75) is 32.7 Å². The molecule has 0 saturated carbocycles. The second-order valence-corrected chi connectivity index (χ2v) is 6.80. The van der Waals surface area contributed by atoms with Gasteiger partial charge in [0.1, 0.15) is 11.1 Å². The van der Waals surface area contributed by atoms with Crippen LogP contribution in [0.5, 0.6) is 0 Å². The van der Waals surface area contributed by atoms with Crippen molar-refractivity contribution in [3.8, 4) is 0 Å². The highest BCUT2D eigenvalue weighted by molar-refractivity contribution is 6.06. The fourth-order valence-corrected chi connectivity index (χ4v) is 3.51. The number of nitrogens with one attached hydrogen (secondary N) is 2. The predicted octanol–water partition coefficient (Wildman–Crippen LogP) is 2.27. The lowest BCUT2D eigenvalue weighted by Crippen LogP contribution is -2.35. The third-order valence-electron chi connectivity index (χ3n) is 4.90. The van der Waals surface area contributed by atoms with Crippen molar-refractivity contribution in [3.05, 3.63) is 57.8 Å². The molecule has 2 amide bonds. The number of anilines is 1. The Hall–Kier alpha value is -3.42. The number of carbonyl (C=O) groups is 2. The zero-order valence-electron chi connectivity index (χ0n) is 15.4. The number of amides is 2. The van der Waals surface area contributed by atoms with E-state index in [2.05, 4.69) is 15.3 Å². The molecule has 2 aromatic heterocycles. The van der Waals surface area contributed by atoms with E-state index in [0.717, 1.165) is 24.1 Å². The molecule has 4 rings (SSSR count). The summed E-state index contributed by atoms with van der Waals surface area (Å²) in [5, 5.41) is 2.96. The number of aromatic amines is 1. The van der Waals surface area contributed by atoms with Crippen LogP contribution in [0.25, 0.3) is 11.1 Å². The molecule has 1 fully saturated rings. The molecule has 8 nitrogen and oxygen atoms in total. The van der Waals surface area contributed by atoms with Gasteiger partial charge in [-0.05, 0) is 37.5 Å². The fourth-order valence-electron chi connectivity index (χ4n) is 3.51. The normalized spacial score (nSPS) is 14.5. The first-order chi connectivity index (χ1) is 13.5. The molecule has 8 heteroatoms. The Labute approximate surface area is 160 Å². The lowest BCUT2D eigenvalue weighted by Gasteiger charge is -2.27. The quantitative estimate of drug-likeness (QED) is 0.722. The summed E-state index contributed by atoms with van der Waals surface area (Å²) in [5.41, 5.74) is 1.60. The minimum Gasteiger partial charge on any atom is -0.442 e. The second-order valence-electron chi connectivity index (χ2n) is 6.80. The Kier molecular flexibility index (Phi) is 4.68. The number of benzene rings is 1. The van der Waals surface area contributed by atoms with E-state index in [-0.39, 0.29) is 29.1 Å². The molecule has 0 unspecified atom stereocenters. The topological polar surface area (TPSA) is 108 Å². The van der Waals surface area contributed by atoms with Gasteiger partial charge in [0.15, 0.2) is 0 Å². The number of hydrogen-bond donors (Lipinski definition) is 2. The lowest BCUT2D eigenvalue weighted by atomic mass is 10.1. The number of H-pyrrole nitrogens is 1. The van der Waals surface area contributed by atoms with Gasteiger partial charge >= 0.3 is 0 Å². The van der Waals surface area contributed by atoms with Gasteiger partial charge in [0, 0.05) is 25.2 Å². The second kappa shape index (κ2) is 7.30. The number of piperidine rings is 1. The fraction of sp³-hybridized carbons (Fsp3) is 0.300. The number of carbonyl (C=O) groups excluding carboxylic acids is 2. The Morgan fingerprint density at radius 1 is 1.32 bits per heavy atom. The van der Waals surface area contributed by atoms with E-state index in [9.17, 15) is 14.4 Å². The summed E-state index contributed by atoms with van der Waals surface area (Å²) in [7, 11) is 0. The number of nitrogens with zero attached hydrogens (tertiary/aromatic N) is 2. The van der Waals surface area contributed by atoms with E-state index in [1.807, 2.05) is 24.3 Å². The number of furan rings is 1. The summed E-state index contributed by atoms with van der Waals surface area (Å²) in [6.45, 7) is 2.60. The Morgan fingerprint density at radius 3 is 3.00 bits per heavy atom. The van der Waals surface area contributed by atoms with E-state index in [1.54, 1.807) is 11.8 Å². The molecule has 2 N–H and O–H groups in total. The highest BCUT2D eigenvalue weighted by Crippen LogP contribution is 2.23. The standard InChI is InChI=1S/C20H20N4O4/c1-12-16(17-19(27)22-11-23-20(17)28-12)18(26)21-10-13-5-4-6-14(9-13)24-8-3-2-7-15(24)25/h4-6,9,11H,2-3,7-8,10H2,1H3,(H,21,26)(H,22,23,27). The summed E-state index contributed by atoms with van der Waals surface area (Å²) in [6.07, 6.45) is 3.72. The van der Waals surface area contributed by atoms with Crippen LogP contribution >= 0.6 is 0 Å². The maximum Gasteiger partial charge on any atom is 0.262 e. The van der Waals surface area contributed by atoms with E-state index in [4.69, 9.17) is 4.42 Å². The maximum absolute atomic E-state index is 12.7. The van der Waals surface area contributed by atoms with Gasteiger partial charge in [0.2, 0.25) is 11.6 Å². The van der Waals surface area contributed by atoms with Crippen LogP contribution in [0.1, 0.15) is 40.9 Å². The highest BCUT2D eigenvalue weighted by Gasteiger charge is 2.22. The minimum absolute atomic E-state index is 0.125. The van der Waals surface area contributed by atoms with Gasteiger partial charge in [-0.1, -0.05) is 12.1 Å². The third kappa shape index (κ3) is 3.28. The number of rotatable bonds is 4. The Morgan fingerprint density at radius 2 is 2.18 bits per heavy atom. The Bertz CT molecular complexity index is 1110. The maximum atomic E-state index is 12.7. The van der Waals surface area contributed by atoms with E-state index in [0.29, 0.717) is 18.7 Å². The van der Waals surface area contributed by atoms with Crippen molar-refractivity contribution in [3.63, 3.8) is 0 Å². The molecule has 0 radical (unpaired) electrons. The van der Waals surface area contributed by atoms with Crippen molar-refractivity contribution in [1.82, 2.24) is 15.3 Å². The van der Waals surface area contributed by atoms with Crippen LogP contribution in [0.4, 0.5) is 5.69 Å². The molecule has 0 bridgehead atoms. The van der Waals surface area contributed by atoms with E-state index in [1.165, 1.54) is 6.33 Å². The van der Waals surface area contributed by atoms with Gasteiger partial charge in [0.05, 0.1) is 11.9 Å². The van der Waals surface area contributed by atoms with Crippen LogP contribution in [-0.4, -0.2) is 28.3 Å². The molecule has 3 heterocycles. The van der Waals surface area contributed by atoms with Crippen LogP contribution in [0.3, 0.4) is 0 Å². The van der Waals surface area contributed by atoms with Crippen molar-refractivity contribution < 1.29 is 14.0 Å². The van der Waals surface area contributed by atoms with Gasteiger partial charge in [-0.3, -0.25) is 14.4 Å². The van der Waals surface area contributed by atoms with Crippen LogP contribution in [-0.2, 0) is 11.3 Å². The first-order valence-corrected chi connectivity index (χ1v) is 9.19. The molecular weight excluding hydrogens is 360 g/mol. The van der Waals surface area contributed by atoms with Gasteiger partial charge in [0.25, 0.3) is 11.5 Å². The number of aromatic nitrogens is 2. The van der Waals surface area contributed by atoms with E-state index >= 15 is 0 Å². The number of fused-ring (bicyclic) bond motifs is 1. The highest BCUT2D eigenvalue weighted by atomic mass is 16.3. The zero-order valence-corrected chi connectivity index (χ0v) is 15.4. The van der Waals surface area contributed by atoms with Crippen LogP contribution in [0.2, 0.25) is 0 Å². The van der Waals surface area contributed by atoms with Crippen molar-refractivity contribution in [2.24, 2.45) is 0 Å². The molecule has 0 atom stereocenters. The molecular formula is C20H20N4O4. The number of aryl methyl sites for hydroxylation is 1. The van der Waals surface area contributed by atoms with Crippen molar-refractivity contribution in [1.29, 1.82) is 0 Å². The first kappa shape index (κ1) is 18.0. The molecule has 1 aliphatic rings. The van der Waals surface area contributed by atoms with Crippen molar-refractivity contribution >= 4 is 28.6 Å². The van der Waals surface area contributed by atoms with Gasteiger partial charge in [-0.15, -0.1) is 0 Å². The summed E-state index contributed by atoms with van der Waals surface area (Å²) in [5.74, 6) is 0.0539. The average Bonchev–Trinajstić information content (AvgIpc) is 3.04. The molecule has 144 valence electrons.